The number of rotatable bonds is 6. The maximum Gasteiger partial charge on any atom is 0.0393 e. The molecule has 0 unspecified atom stereocenters. The van der Waals surface area contributed by atoms with Crippen LogP contribution in [-0.2, 0) is 6.42 Å². The molecule has 2 N–H and O–H groups in total. The van der Waals surface area contributed by atoms with E-state index in [1.54, 1.807) is 0 Å². The van der Waals surface area contributed by atoms with Gasteiger partial charge in [-0.3, -0.25) is 0 Å². The zero-order valence-corrected chi connectivity index (χ0v) is 10.8. The number of aryl methyl sites for hydroxylation is 1. The number of nitrogens with two attached hydrogens (primary N) is 1. The molecule has 0 atom stereocenters. The molecule has 1 aromatic rings. The molecule has 0 radical (unpaired) electrons. The lowest BCUT2D eigenvalue weighted by Crippen LogP contribution is -2.19. The molecule has 0 bridgehead atoms. The second-order valence-corrected chi connectivity index (χ2v) is 4.43. The van der Waals surface area contributed by atoms with Crippen molar-refractivity contribution >= 4 is 5.69 Å². The van der Waals surface area contributed by atoms with Crippen LogP contribution >= 0.6 is 0 Å². The normalized spacial score (nSPS) is 10.5. The van der Waals surface area contributed by atoms with E-state index in [9.17, 15) is 0 Å². The summed E-state index contributed by atoms with van der Waals surface area (Å²) in [5.74, 6) is 0. The molecule has 16 heavy (non-hydrogen) atoms. The van der Waals surface area contributed by atoms with Gasteiger partial charge >= 0.3 is 0 Å². The number of hydrogen-bond donors (Lipinski definition) is 1. The molecule has 2 nitrogen and oxygen atoms in total. The Morgan fingerprint density at radius 3 is 2.62 bits per heavy atom. The van der Waals surface area contributed by atoms with Crippen LogP contribution in [0.2, 0.25) is 0 Å². The first-order chi connectivity index (χ1) is 7.69. The largest absolute Gasteiger partial charge is 0.374 e. The minimum absolute atomic E-state index is 0.727. The summed E-state index contributed by atoms with van der Waals surface area (Å²) in [6, 6.07) is 6.66. The maximum atomic E-state index is 5.56. The Bertz CT molecular complexity index is 321. The highest BCUT2D eigenvalue weighted by Crippen LogP contribution is 2.20. The second kappa shape index (κ2) is 6.54. The van der Waals surface area contributed by atoms with E-state index in [2.05, 4.69) is 44.0 Å². The second-order valence-electron chi connectivity index (χ2n) is 4.43. The van der Waals surface area contributed by atoms with Gasteiger partial charge in [0.15, 0.2) is 0 Å². The predicted molar refractivity (Wildman–Crippen MR) is 72.1 cm³/mol. The smallest absolute Gasteiger partial charge is 0.0393 e. The van der Waals surface area contributed by atoms with Crippen LogP contribution in [0.5, 0.6) is 0 Å². The summed E-state index contributed by atoms with van der Waals surface area (Å²) < 4.78 is 0. The first-order valence-electron chi connectivity index (χ1n) is 6.19. The van der Waals surface area contributed by atoms with E-state index >= 15 is 0 Å². The highest BCUT2D eigenvalue weighted by molar-refractivity contribution is 5.53. The minimum Gasteiger partial charge on any atom is -0.374 e. The molecule has 0 fully saturated rings. The van der Waals surface area contributed by atoms with E-state index < -0.39 is 0 Å². The molecule has 0 aliphatic rings. The van der Waals surface area contributed by atoms with Gasteiger partial charge in [-0.25, -0.2) is 0 Å². The van der Waals surface area contributed by atoms with Crippen molar-refractivity contribution in [2.45, 2.75) is 33.1 Å². The SMILES string of the molecule is CCCCN(C)c1ccc(CCN)cc1C. The Morgan fingerprint density at radius 2 is 2.06 bits per heavy atom. The van der Waals surface area contributed by atoms with Crippen molar-refractivity contribution in [3.63, 3.8) is 0 Å². The van der Waals surface area contributed by atoms with Crippen LogP contribution in [0.25, 0.3) is 0 Å². The van der Waals surface area contributed by atoms with E-state index in [0.717, 1.165) is 19.5 Å². The Balaban J connectivity index is 2.73. The quantitative estimate of drug-likeness (QED) is 0.798. The average Bonchev–Trinajstić information content (AvgIpc) is 2.26. The molecule has 0 heterocycles. The van der Waals surface area contributed by atoms with E-state index in [1.807, 2.05) is 0 Å². The summed E-state index contributed by atoms with van der Waals surface area (Å²) >= 11 is 0. The van der Waals surface area contributed by atoms with Gasteiger partial charge in [0.25, 0.3) is 0 Å². The molecule has 1 rings (SSSR count). The molecule has 0 spiro atoms. The molecule has 0 aliphatic heterocycles. The van der Waals surface area contributed by atoms with Gasteiger partial charge in [0.05, 0.1) is 0 Å². The fraction of sp³-hybridized carbons (Fsp3) is 0.571. The molecule has 0 amide bonds. The summed E-state index contributed by atoms with van der Waals surface area (Å²) in [5, 5.41) is 0. The summed E-state index contributed by atoms with van der Waals surface area (Å²) in [7, 11) is 2.17. The van der Waals surface area contributed by atoms with E-state index in [0.29, 0.717) is 0 Å². The van der Waals surface area contributed by atoms with Crippen LogP contribution in [0.15, 0.2) is 18.2 Å². The van der Waals surface area contributed by atoms with Gasteiger partial charge in [-0.1, -0.05) is 25.5 Å². The van der Waals surface area contributed by atoms with Crippen LogP contribution in [0.1, 0.15) is 30.9 Å². The van der Waals surface area contributed by atoms with Crippen molar-refractivity contribution in [2.75, 3.05) is 25.0 Å². The van der Waals surface area contributed by atoms with Gasteiger partial charge in [0.1, 0.15) is 0 Å². The number of benzene rings is 1. The predicted octanol–water partition coefficient (Wildman–Crippen LogP) is 2.73. The lowest BCUT2D eigenvalue weighted by atomic mass is 10.1. The topological polar surface area (TPSA) is 29.3 Å². The molecular weight excluding hydrogens is 196 g/mol. The molecular formula is C14H24N2. The molecule has 0 saturated heterocycles. The number of unbranched alkanes of at least 4 members (excludes halogenated alkanes) is 1. The van der Waals surface area contributed by atoms with Gasteiger partial charge in [0, 0.05) is 19.3 Å². The lowest BCUT2D eigenvalue weighted by molar-refractivity contribution is 0.765. The van der Waals surface area contributed by atoms with Crippen LogP contribution in [0.3, 0.4) is 0 Å². The number of hydrogen-bond acceptors (Lipinski definition) is 2. The highest BCUT2D eigenvalue weighted by atomic mass is 15.1. The summed E-state index contributed by atoms with van der Waals surface area (Å²) in [4.78, 5) is 2.34. The fourth-order valence-corrected chi connectivity index (χ4v) is 1.98. The third kappa shape index (κ3) is 3.53. The Morgan fingerprint density at radius 1 is 1.31 bits per heavy atom. The molecule has 0 saturated carbocycles. The van der Waals surface area contributed by atoms with Crippen LogP contribution in [-0.4, -0.2) is 20.1 Å². The highest BCUT2D eigenvalue weighted by Gasteiger charge is 2.04. The number of anilines is 1. The van der Waals surface area contributed by atoms with Crippen molar-refractivity contribution in [3.8, 4) is 0 Å². The van der Waals surface area contributed by atoms with Gasteiger partial charge in [-0.05, 0) is 43.5 Å². The van der Waals surface area contributed by atoms with Crippen molar-refractivity contribution < 1.29 is 0 Å². The summed E-state index contributed by atoms with van der Waals surface area (Å²) in [6.07, 6.45) is 3.47. The third-order valence-corrected chi connectivity index (χ3v) is 2.95. The van der Waals surface area contributed by atoms with Gasteiger partial charge < -0.3 is 10.6 Å². The molecule has 90 valence electrons. The fourth-order valence-electron chi connectivity index (χ4n) is 1.98. The van der Waals surface area contributed by atoms with Crippen LogP contribution < -0.4 is 10.6 Å². The summed E-state index contributed by atoms with van der Waals surface area (Å²) in [6.45, 7) is 6.26. The first kappa shape index (κ1) is 13.0. The summed E-state index contributed by atoms with van der Waals surface area (Å²) in [5.41, 5.74) is 9.60. The minimum atomic E-state index is 0.727. The van der Waals surface area contributed by atoms with Crippen molar-refractivity contribution in [1.29, 1.82) is 0 Å². The van der Waals surface area contributed by atoms with E-state index in [4.69, 9.17) is 5.73 Å². The van der Waals surface area contributed by atoms with Crippen molar-refractivity contribution in [3.05, 3.63) is 29.3 Å². The Kier molecular flexibility index (Phi) is 5.33. The number of nitrogens with zero attached hydrogens (tertiary/aromatic N) is 1. The van der Waals surface area contributed by atoms with Gasteiger partial charge in [0.2, 0.25) is 0 Å². The first-order valence-corrected chi connectivity index (χ1v) is 6.19. The van der Waals surface area contributed by atoms with Crippen LogP contribution in [0, 0.1) is 6.92 Å². The van der Waals surface area contributed by atoms with Gasteiger partial charge in [-0.2, -0.15) is 0 Å². The zero-order valence-electron chi connectivity index (χ0n) is 10.8. The molecule has 0 aromatic heterocycles. The van der Waals surface area contributed by atoms with E-state index in [1.165, 1.54) is 29.7 Å². The molecule has 1 aromatic carbocycles. The average molecular weight is 220 g/mol. The Labute approximate surface area is 99.5 Å². The monoisotopic (exact) mass is 220 g/mol. The Hall–Kier alpha value is -1.02. The third-order valence-electron chi connectivity index (χ3n) is 2.95. The zero-order chi connectivity index (χ0) is 12.0. The molecule has 2 heteroatoms. The van der Waals surface area contributed by atoms with Crippen LogP contribution in [0.4, 0.5) is 5.69 Å². The van der Waals surface area contributed by atoms with Gasteiger partial charge in [-0.15, -0.1) is 0 Å². The van der Waals surface area contributed by atoms with Crippen molar-refractivity contribution in [2.24, 2.45) is 5.73 Å². The lowest BCUT2D eigenvalue weighted by Gasteiger charge is -2.21. The van der Waals surface area contributed by atoms with E-state index in [-0.39, 0.29) is 0 Å². The molecule has 0 aliphatic carbocycles. The van der Waals surface area contributed by atoms with Crippen molar-refractivity contribution in [1.82, 2.24) is 0 Å². The standard InChI is InChI=1S/C14H24N2/c1-4-5-10-16(3)14-7-6-13(8-9-15)11-12(14)2/h6-7,11H,4-5,8-10,15H2,1-3H3. The maximum absolute atomic E-state index is 5.56.